The maximum Gasteiger partial charge on any atom is 0.218 e. The van der Waals surface area contributed by atoms with Gasteiger partial charge < -0.3 is 20.1 Å². The lowest BCUT2D eigenvalue weighted by molar-refractivity contribution is 0.245. The normalized spacial score (nSPS) is 15.8. The van der Waals surface area contributed by atoms with Gasteiger partial charge in [-0.3, -0.25) is 9.89 Å². The Morgan fingerprint density at radius 2 is 1.86 bits per heavy atom. The van der Waals surface area contributed by atoms with Crippen LogP contribution in [0.15, 0.2) is 47.6 Å². The standard InChI is InChI=1S/C22H31N5O2/c1-23-22(25-15-18-7-6-12-24-21(18)29-3)26-16-20(27-13-4-5-14-27)17-8-10-19(28-2)11-9-17/h6-12,20H,4-5,13-16H2,1-3H3,(H2,23,25,26). The summed E-state index contributed by atoms with van der Waals surface area (Å²) in [7, 11) is 5.11. The molecule has 0 bridgehead atoms. The molecular formula is C22H31N5O2. The molecule has 0 spiro atoms. The van der Waals surface area contributed by atoms with E-state index in [-0.39, 0.29) is 6.04 Å². The maximum atomic E-state index is 5.33. The minimum atomic E-state index is 0.287. The highest BCUT2D eigenvalue weighted by atomic mass is 16.5. The average molecular weight is 398 g/mol. The molecule has 0 amide bonds. The van der Waals surface area contributed by atoms with Crippen molar-refractivity contribution in [1.29, 1.82) is 0 Å². The van der Waals surface area contributed by atoms with Crippen LogP contribution >= 0.6 is 0 Å². The summed E-state index contributed by atoms with van der Waals surface area (Å²) in [6, 6.07) is 12.6. The summed E-state index contributed by atoms with van der Waals surface area (Å²) < 4.78 is 10.6. The van der Waals surface area contributed by atoms with Crippen LogP contribution in [0, 0.1) is 0 Å². The molecule has 7 heteroatoms. The largest absolute Gasteiger partial charge is 0.497 e. The third-order valence-electron chi connectivity index (χ3n) is 5.26. The van der Waals surface area contributed by atoms with Gasteiger partial charge in [0.2, 0.25) is 5.88 Å². The number of ether oxygens (including phenoxy) is 2. The van der Waals surface area contributed by atoms with Crippen LogP contribution < -0.4 is 20.1 Å². The fourth-order valence-corrected chi connectivity index (χ4v) is 3.67. The Hall–Kier alpha value is -2.80. The van der Waals surface area contributed by atoms with E-state index in [1.807, 2.05) is 24.3 Å². The summed E-state index contributed by atoms with van der Waals surface area (Å²) in [5.74, 6) is 2.27. The van der Waals surface area contributed by atoms with E-state index in [1.165, 1.54) is 18.4 Å². The fourth-order valence-electron chi connectivity index (χ4n) is 3.67. The molecule has 1 aliphatic heterocycles. The van der Waals surface area contributed by atoms with Gasteiger partial charge in [0.05, 0.1) is 20.3 Å². The molecule has 1 aromatic carbocycles. The molecule has 3 rings (SSSR count). The Morgan fingerprint density at radius 1 is 1.10 bits per heavy atom. The first-order chi connectivity index (χ1) is 14.2. The Balaban J connectivity index is 1.63. The molecule has 29 heavy (non-hydrogen) atoms. The third-order valence-corrected chi connectivity index (χ3v) is 5.26. The number of methoxy groups -OCH3 is 2. The van der Waals surface area contributed by atoms with Gasteiger partial charge in [-0.2, -0.15) is 0 Å². The van der Waals surface area contributed by atoms with Gasteiger partial charge in [-0.15, -0.1) is 0 Å². The minimum absolute atomic E-state index is 0.287. The molecule has 0 saturated carbocycles. The van der Waals surface area contributed by atoms with Crippen LogP contribution in [0.5, 0.6) is 11.6 Å². The molecular weight excluding hydrogens is 366 g/mol. The predicted octanol–water partition coefficient (Wildman–Crippen LogP) is 2.60. The number of guanidine groups is 1. The number of nitrogens with zero attached hydrogens (tertiary/aromatic N) is 3. The fraction of sp³-hybridized carbons (Fsp3) is 0.455. The first kappa shape index (κ1) is 20.9. The number of hydrogen-bond acceptors (Lipinski definition) is 5. The van der Waals surface area contributed by atoms with Crippen LogP contribution in [0.4, 0.5) is 0 Å². The Morgan fingerprint density at radius 3 is 2.52 bits per heavy atom. The highest BCUT2D eigenvalue weighted by molar-refractivity contribution is 5.79. The van der Waals surface area contributed by atoms with E-state index >= 15 is 0 Å². The van der Waals surface area contributed by atoms with Crippen molar-refractivity contribution in [3.05, 3.63) is 53.7 Å². The molecule has 0 radical (unpaired) electrons. The van der Waals surface area contributed by atoms with Gasteiger partial charge >= 0.3 is 0 Å². The quantitative estimate of drug-likeness (QED) is 0.527. The molecule has 1 aliphatic rings. The number of likely N-dealkylation sites (tertiary alicyclic amines) is 1. The van der Waals surface area contributed by atoms with Gasteiger partial charge in [0.25, 0.3) is 0 Å². The van der Waals surface area contributed by atoms with E-state index in [4.69, 9.17) is 9.47 Å². The molecule has 1 aromatic heterocycles. The average Bonchev–Trinajstić information content (AvgIpc) is 3.31. The Kier molecular flexibility index (Phi) is 7.69. The lowest BCUT2D eigenvalue weighted by Crippen LogP contribution is -2.42. The van der Waals surface area contributed by atoms with E-state index in [2.05, 4.69) is 37.6 Å². The van der Waals surface area contributed by atoms with Crippen LogP contribution in [0.1, 0.15) is 30.0 Å². The molecule has 7 nitrogen and oxygen atoms in total. The Labute approximate surface area is 173 Å². The number of aromatic nitrogens is 1. The summed E-state index contributed by atoms with van der Waals surface area (Å²) in [4.78, 5) is 11.1. The first-order valence-corrected chi connectivity index (χ1v) is 10.1. The number of hydrogen-bond donors (Lipinski definition) is 2. The highest BCUT2D eigenvalue weighted by Gasteiger charge is 2.23. The van der Waals surface area contributed by atoms with Crippen molar-refractivity contribution in [1.82, 2.24) is 20.5 Å². The first-order valence-electron chi connectivity index (χ1n) is 10.1. The summed E-state index contributed by atoms with van der Waals surface area (Å²) in [5.41, 5.74) is 2.27. The van der Waals surface area contributed by atoms with Crippen molar-refractivity contribution in [2.45, 2.75) is 25.4 Å². The third kappa shape index (κ3) is 5.60. The number of nitrogens with one attached hydrogen (secondary N) is 2. The number of aliphatic imine (C=N–C) groups is 1. The van der Waals surface area contributed by atoms with Crippen LogP contribution in [0.2, 0.25) is 0 Å². The van der Waals surface area contributed by atoms with Crippen molar-refractivity contribution in [2.24, 2.45) is 4.99 Å². The lowest BCUT2D eigenvalue weighted by atomic mass is 10.1. The molecule has 0 aliphatic carbocycles. The summed E-state index contributed by atoms with van der Waals surface area (Å²) in [5, 5.41) is 6.84. The molecule has 2 aromatic rings. The van der Waals surface area contributed by atoms with Gasteiger partial charge in [-0.25, -0.2) is 4.98 Å². The molecule has 1 saturated heterocycles. The van der Waals surface area contributed by atoms with Gasteiger partial charge in [0.15, 0.2) is 5.96 Å². The van der Waals surface area contributed by atoms with Crippen molar-refractivity contribution in [3.8, 4) is 11.6 Å². The zero-order valence-electron chi connectivity index (χ0n) is 17.5. The Bertz CT molecular complexity index is 788. The molecule has 2 N–H and O–H groups in total. The minimum Gasteiger partial charge on any atom is -0.497 e. The molecule has 1 fully saturated rings. The maximum absolute atomic E-state index is 5.33. The van der Waals surface area contributed by atoms with Gasteiger partial charge in [0, 0.05) is 31.9 Å². The number of rotatable bonds is 8. The number of benzene rings is 1. The summed E-state index contributed by atoms with van der Waals surface area (Å²) in [6.45, 7) is 3.61. The van der Waals surface area contributed by atoms with E-state index in [9.17, 15) is 0 Å². The smallest absolute Gasteiger partial charge is 0.218 e. The van der Waals surface area contributed by atoms with Gasteiger partial charge in [-0.1, -0.05) is 18.2 Å². The van der Waals surface area contributed by atoms with Crippen LogP contribution in [-0.2, 0) is 6.54 Å². The number of pyridine rings is 1. The highest BCUT2D eigenvalue weighted by Crippen LogP contribution is 2.26. The molecule has 1 atom stereocenters. The van der Waals surface area contributed by atoms with Gasteiger partial charge in [0.1, 0.15) is 5.75 Å². The van der Waals surface area contributed by atoms with Crippen molar-refractivity contribution >= 4 is 5.96 Å². The molecule has 2 heterocycles. The second-order valence-corrected chi connectivity index (χ2v) is 7.01. The summed E-state index contributed by atoms with van der Waals surface area (Å²) in [6.07, 6.45) is 4.23. The molecule has 156 valence electrons. The van der Waals surface area contributed by atoms with Crippen molar-refractivity contribution < 1.29 is 9.47 Å². The van der Waals surface area contributed by atoms with Crippen LogP contribution in [-0.4, -0.2) is 56.7 Å². The lowest BCUT2D eigenvalue weighted by Gasteiger charge is -2.29. The van der Waals surface area contributed by atoms with Crippen molar-refractivity contribution in [3.63, 3.8) is 0 Å². The monoisotopic (exact) mass is 397 g/mol. The van der Waals surface area contributed by atoms with E-state index in [1.54, 1.807) is 27.5 Å². The predicted molar refractivity (Wildman–Crippen MR) is 116 cm³/mol. The SMILES string of the molecule is CN=C(NCc1cccnc1OC)NCC(c1ccc(OC)cc1)N1CCCC1. The van der Waals surface area contributed by atoms with Crippen LogP contribution in [0.3, 0.4) is 0 Å². The van der Waals surface area contributed by atoms with E-state index in [0.29, 0.717) is 12.4 Å². The van der Waals surface area contributed by atoms with E-state index in [0.717, 1.165) is 36.9 Å². The zero-order valence-corrected chi connectivity index (χ0v) is 17.5. The van der Waals surface area contributed by atoms with Crippen LogP contribution in [0.25, 0.3) is 0 Å². The van der Waals surface area contributed by atoms with Gasteiger partial charge in [-0.05, 0) is 49.7 Å². The second-order valence-electron chi connectivity index (χ2n) is 7.01. The van der Waals surface area contributed by atoms with E-state index < -0.39 is 0 Å². The topological polar surface area (TPSA) is 71.0 Å². The zero-order chi connectivity index (χ0) is 20.5. The van der Waals surface area contributed by atoms with Crippen molar-refractivity contribution in [2.75, 3.05) is 40.9 Å². The second kappa shape index (κ2) is 10.7. The summed E-state index contributed by atoms with van der Waals surface area (Å²) >= 11 is 0. The molecule has 1 unspecified atom stereocenters.